The summed E-state index contributed by atoms with van der Waals surface area (Å²) in [5.74, 6) is -0.803. The molecule has 190 valence electrons. The van der Waals surface area contributed by atoms with Crippen LogP contribution in [0.1, 0.15) is 25.0 Å². The van der Waals surface area contributed by atoms with Crippen LogP contribution in [0.5, 0.6) is 0 Å². The van der Waals surface area contributed by atoms with Crippen molar-refractivity contribution in [2.24, 2.45) is 0 Å². The second-order valence-electron chi connectivity index (χ2n) is 8.38. The van der Waals surface area contributed by atoms with Crippen LogP contribution in [0, 0.1) is 6.92 Å². The molecular weight excluding hydrogens is 542 g/mol. The van der Waals surface area contributed by atoms with Crippen LogP contribution in [0.2, 0.25) is 0 Å². The van der Waals surface area contributed by atoms with E-state index in [1.807, 2.05) is 31.2 Å². The van der Waals surface area contributed by atoms with Gasteiger partial charge in [-0.2, -0.15) is 0 Å². The van der Waals surface area contributed by atoms with Crippen LogP contribution in [0.3, 0.4) is 0 Å². The normalized spacial score (nSPS) is 12.0. The maximum atomic E-state index is 13.7. The first-order valence-corrected chi connectivity index (χ1v) is 13.8. The Morgan fingerprint density at radius 2 is 1.64 bits per heavy atom. The predicted octanol–water partition coefficient (Wildman–Crippen LogP) is 4.51. The first-order valence-electron chi connectivity index (χ1n) is 11.6. The molecule has 3 rings (SSSR count). The molecule has 0 spiro atoms. The van der Waals surface area contributed by atoms with Crippen molar-refractivity contribution in [1.29, 1.82) is 0 Å². The number of aryl methyl sites for hydroxylation is 1. The van der Waals surface area contributed by atoms with Crippen LogP contribution in [0.25, 0.3) is 0 Å². The summed E-state index contributed by atoms with van der Waals surface area (Å²) < 4.78 is 29.2. The molecule has 0 radical (unpaired) electrons. The molecule has 7 nitrogen and oxygen atoms in total. The van der Waals surface area contributed by atoms with E-state index in [9.17, 15) is 18.0 Å². The highest BCUT2D eigenvalue weighted by molar-refractivity contribution is 9.10. The molecule has 0 aromatic heterocycles. The summed E-state index contributed by atoms with van der Waals surface area (Å²) >= 11 is 3.44. The van der Waals surface area contributed by atoms with Crippen molar-refractivity contribution < 1.29 is 18.0 Å². The van der Waals surface area contributed by atoms with Gasteiger partial charge in [-0.15, -0.1) is 0 Å². The number of carbonyl (C=O) groups is 2. The summed E-state index contributed by atoms with van der Waals surface area (Å²) in [7, 11) is -4.05. The summed E-state index contributed by atoms with van der Waals surface area (Å²) in [6.07, 6.45) is 0. The first-order chi connectivity index (χ1) is 17.1. The quantitative estimate of drug-likeness (QED) is 0.388. The van der Waals surface area contributed by atoms with Crippen molar-refractivity contribution in [3.8, 4) is 0 Å². The Hall–Kier alpha value is -3.17. The van der Waals surface area contributed by atoms with E-state index in [0.717, 1.165) is 19.9 Å². The maximum Gasteiger partial charge on any atom is 0.264 e. The summed E-state index contributed by atoms with van der Waals surface area (Å²) in [4.78, 5) is 27.9. The molecule has 2 amide bonds. The lowest BCUT2D eigenvalue weighted by atomic mass is 10.1. The number of benzene rings is 3. The predicted molar refractivity (Wildman–Crippen MR) is 145 cm³/mol. The lowest BCUT2D eigenvalue weighted by Gasteiger charge is -2.32. The minimum Gasteiger partial charge on any atom is -0.355 e. The molecule has 3 aromatic carbocycles. The van der Waals surface area contributed by atoms with Gasteiger partial charge < -0.3 is 10.2 Å². The highest BCUT2D eigenvalue weighted by atomic mass is 79.9. The topological polar surface area (TPSA) is 86.8 Å². The van der Waals surface area contributed by atoms with E-state index >= 15 is 0 Å². The molecule has 0 fully saturated rings. The molecule has 0 aliphatic rings. The Morgan fingerprint density at radius 3 is 2.25 bits per heavy atom. The Kier molecular flexibility index (Phi) is 9.28. The number of rotatable bonds is 10. The molecule has 0 unspecified atom stereocenters. The molecule has 0 aliphatic carbocycles. The van der Waals surface area contributed by atoms with Crippen molar-refractivity contribution >= 4 is 43.5 Å². The lowest BCUT2D eigenvalue weighted by molar-refractivity contribution is -0.139. The molecule has 3 aromatic rings. The maximum absolute atomic E-state index is 13.7. The molecule has 0 aliphatic heterocycles. The third-order valence-electron chi connectivity index (χ3n) is 5.69. The van der Waals surface area contributed by atoms with Crippen LogP contribution in [-0.2, 0) is 26.2 Å². The van der Waals surface area contributed by atoms with Crippen LogP contribution in [-0.4, -0.2) is 44.3 Å². The summed E-state index contributed by atoms with van der Waals surface area (Å²) in [5, 5.41) is 2.75. The second-order valence-corrected chi connectivity index (χ2v) is 11.2. The van der Waals surface area contributed by atoms with Gasteiger partial charge in [-0.3, -0.25) is 13.9 Å². The zero-order chi connectivity index (χ0) is 26.3. The number of anilines is 1. The highest BCUT2D eigenvalue weighted by Gasteiger charge is 2.32. The molecule has 0 saturated carbocycles. The first kappa shape index (κ1) is 27.4. The fourth-order valence-corrected chi connectivity index (χ4v) is 5.58. The minimum absolute atomic E-state index is 0.0775. The molecule has 0 saturated heterocycles. The number of nitrogens with one attached hydrogen (secondary N) is 1. The number of sulfonamides is 1. The van der Waals surface area contributed by atoms with Crippen molar-refractivity contribution in [1.82, 2.24) is 10.2 Å². The standard InChI is InChI=1S/C27H30BrN3O4S/c1-4-29-27(33)21(3)30(18-22-9-8-10-23(28)17-22)26(32)19-31(24-15-13-20(2)14-16-24)36(34,35)25-11-6-5-7-12-25/h5-17,21H,4,18-19H2,1-3H3,(H,29,33)/t21-/m1/s1. The van der Waals surface area contributed by atoms with Crippen molar-refractivity contribution in [3.05, 3.63) is 94.5 Å². The van der Waals surface area contributed by atoms with Gasteiger partial charge >= 0.3 is 0 Å². The summed E-state index contributed by atoms with van der Waals surface area (Å²) in [6.45, 7) is 5.44. The van der Waals surface area contributed by atoms with Gasteiger partial charge in [-0.05, 0) is 62.7 Å². The Morgan fingerprint density at radius 1 is 0.972 bits per heavy atom. The molecular formula is C27H30BrN3O4S. The number of carbonyl (C=O) groups excluding carboxylic acids is 2. The molecule has 9 heteroatoms. The summed E-state index contributed by atoms with van der Waals surface area (Å²) in [6, 6.07) is 21.6. The lowest BCUT2D eigenvalue weighted by Crippen LogP contribution is -2.51. The Labute approximate surface area is 221 Å². The van der Waals surface area contributed by atoms with Gasteiger partial charge in [-0.1, -0.05) is 64.0 Å². The SMILES string of the molecule is CCNC(=O)[C@@H](C)N(Cc1cccc(Br)c1)C(=O)CN(c1ccc(C)cc1)S(=O)(=O)c1ccccc1. The molecule has 1 atom stereocenters. The van der Waals surface area contributed by atoms with Crippen LogP contribution in [0.15, 0.2) is 88.2 Å². The number of likely N-dealkylation sites (N-methyl/N-ethyl adjacent to an activating group) is 1. The zero-order valence-corrected chi connectivity index (χ0v) is 22.9. The van der Waals surface area contributed by atoms with Crippen molar-refractivity contribution in [2.45, 2.75) is 38.3 Å². The van der Waals surface area contributed by atoms with Gasteiger partial charge in [0.15, 0.2) is 0 Å². The number of amides is 2. The van der Waals surface area contributed by atoms with E-state index in [1.54, 1.807) is 56.3 Å². The molecule has 0 heterocycles. The average Bonchev–Trinajstić information content (AvgIpc) is 2.86. The average molecular weight is 573 g/mol. The van der Waals surface area contributed by atoms with Crippen LogP contribution < -0.4 is 9.62 Å². The van der Waals surface area contributed by atoms with E-state index in [0.29, 0.717) is 12.2 Å². The fourth-order valence-electron chi connectivity index (χ4n) is 3.70. The third-order valence-corrected chi connectivity index (χ3v) is 7.97. The van der Waals surface area contributed by atoms with Gasteiger partial charge in [-0.25, -0.2) is 8.42 Å². The molecule has 0 bridgehead atoms. The van der Waals surface area contributed by atoms with E-state index < -0.39 is 28.5 Å². The van der Waals surface area contributed by atoms with Gasteiger partial charge in [0.25, 0.3) is 10.0 Å². The summed E-state index contributed by atoms with van der Waals surface area (Å²) in [5.41, 5.74) is 2.14. The largest absolute Gasteiger partial charge is 0.355 e. The van der Waals surface area contributed by atoms with Gasteiger partial charge in [0.2, 0.25) is 11.8 Å². The third kappa shape index (κ3) is 6.73. The van der Waals surface area contributed by atoms with Gasteiger partial charge in [0.05, 0.1) is 10.6 Å². The zero-order valence-electron chi connectivity index (χ0n) is 20.5. The number of nitrogens with zero attached hydrogens (tertiary/aromatic N) is 2. The number of hydrogen-bond acceptors (Lipinski definition) is 4. The second kappa shape index (κ2) is 12.2. The smallest absolute Gasteiger partial charge is 0.264 e. The highest BCUT2D eigenvalue weighted by Crippen LogP contribution is 2.25. The minimum atomic E-state index is -4.05. The Balaban J connectivity index is 2.01. The number of hydrogen-bond donors (Lipinski definition) is 1. The number of halogens is 1. The van der Waals surface area contributed by atoms with Gasteiger partial charge in [0, 0.05) is 17.6 Å². The molecule has 36 heavy (non-hydrogen) atoms. The van der Waals surface area contributed by atoms with Crippen LogP contribution in [0.4, 0.5) is 5.69 Å². The monoisotopic (exact) mass is 571 g/mol. The van der Waals surface area contributed by atoms with E-state index in [-0.39, 0.29) is 17.3 Å². The van der Waals surface area contributed by atoms with E-state index in [2.05, 4.69) is 21.2 Å². The van der Waals surface area contributed by atoms with Crippen molar-refractivity contribution in [3.63, 3.8) is 0 Å². The fraction of sp³-hybridized carbons (Fsp3) is 0.259. The Bertz CT molecular complexity index is 1300. The van der Waals surface area contributed by atoms with E-state index in [1.165, 1.54) is 17.0 Å². The van der Waals surface area contributed by atoms with E-state index in [4.69, 9.17) is 0 Å². The van der Waals surface area contributed by atoms with Gasteiger partial charge in [0.1, 0.15) is 12.6 Å². The van der Waals surface area contributed by atoms with Crippen LogP contribution >= 0.6 is 15.9 Å². The van der Waals surface area contributed by atoms with Crippen molar-refractivity contribution in [2.75, 3.05) is 17.4 Å². The molecule has 1 N–H and O–H groups in total.